The number of hydrogen-bond donors (Lipinski definition) is 9. The Morgan fingerprint density at radius 1 is 0.478 bits per heavy atom. The largest absolute Gasteiger partial charge is 0.394 e. The summed E-state index contributed by atoms with van der Waals surface area (Å²) >= 11 is 0. The minimum absolute atomic E-state index is 0.203. The highest BCUT2D eigenvalue weighted by molar-refractivity contribution is 5.76. The average Bonchev–Trinajstić information content (AvgIpc) is 3.32. The Morgan fingerprint density at radius 3 is 1.27 bits per heavy atom. The highest BCUT2D eigenvalue weighted by Gasteiger charge is 2.51. The summed E-state index contributed by atoms with van der Waals surface area (Å²) in [6.07, 6.45) is 25.4. The van der Waals surface area contributed by atoms with E-state index in [1.807, 2.05) is 0 Å². The van der Waals surface area contributed by atoms with Crippen LogP contribution in [0.5, 0.6) is 0 Å². The summed E-state index contributed by atoms with van der Waals surface area (Å²) < 4.78 is 22.8. The van der Waals surface area contributed by atoms with Crippen LogP contribution in [0.4, 0.5) is 0 Å². The quantitative estimate of drug-likeness (QED) is 0.0263. The highest BCUT2D eigenvalue weighted by atomic mass is 16.7. The van der Waals surface area contributed by atoms with E-state index in [1.54, 1.807) is 0 Å². The second-order valence-electron chi connectivity index (χ2n) is 20.1. The fraction of sp³-hybridized carbons (Fsp3) is 0.981. The maximum atomic E-state index is 13.2. The first kappa shape index (κ1) is 62.1. The molecule has 2 heterocycles. The summed E-state index contributed by atoms with van der Waals surface area (Å²) in [6, 6.07) is -0.820. The SMILES string of the molecule is CCCCCCCCCCCCCCCCCCCCCCCCC(=O)N[C@@H](CO[C@@H]1O[C@H](CO)[C@@H](O[C@@H]2O[C@H](CO)[C@H](O)C(O)C2O)C(O)C1O)[C@H](O)CCCCCCCCCCCCC. The van der Waals surface area contributed by atoms with E-state index in [0.717, 1.165) is 51.4 Å². The Hall–Kier alpha value is -1.01. The zero-order valence-electron chi connectivity index (χ0n) is 42.4. The number of amides is 1. The van der Waals surface area contributed by atoms with E-state index < -0.39 is 86.8 Å². The minimum Gasteiger partial charge on any atom is -0.394 e. The first-order valence-electron chi connectivity index (χ1n) is 27.8. The Bertz CT molecular complexity index is 1140. The van der Waals surface area contributed by atoms with Crippen molar-refractivity contribution in [2.45, 2.75) is 312 Å². The van der Waals surface area contributed by atoms with E-state index in [4.69, 9.17) is 18.9 Å². The maximum Gasteiger partial charge on any atom is 0.220 e. The Balaban J connectivity index is 1.73. The number of nitrogens with one attached hydrogen (secondary N) is 1. The van der Waals surface area contributed by atoms with Gasteiger partial charge in [-0.05, 0) is 12.8 Å². The summed E-state index contributed by atoms with van der Waals surface area (Å²) in [6.45, 7) is 2.86. The van der Waals surface area contributed by atoms with Crippen molar-refractivity contribution in [3.63, 3.8) is 0 Å². The standard InChI is InChI=1S/C53H103NO13/c1-3-5-7-9-11-13-15-16-17-18-19-20-21-22-23-24-25-27-29-31-33-35-37-45(58)54-41(42(57)36-34-32-30-28-26-14-12-10-8-6-4-2)40-64-52-50(63)48(61)51(44(39-56)66-52)67-53-49(62)47(60)46(59)43(38-55)65-53/h41-44,46-53,55-57,59-63H,3-40H2,1-2H3,(H,54,58)/t41-,42+,43+,44+,46-,47?,48?,49?,50?,51+,52+,53-/m0/s1. The van der Waals surface area contributed by atoms with Crippen LogP contribution < -0.4 is 5.32 Å². The van der Waals surface area contributed by atoms with Crippen molar-refractivity contribution >= 4 is 5.91 Å². The molecule has 2 rings (SSSR count). The van der Waals surface area contributed by atoms with Crippen LogP contribution in [0, 0.1) is 0 Å². The minimum atomic E-state index is -1.78. The molecule has 0 aromatic heterocycles. The molecule has 0 spiro atoms. The summed E-state index contributed by atoms with van der Waals surface area (Å²) in [5.74, 6) is -0.203. The van der Waals surface area contributed by atoms with Gasteiger partial charge < -0.3 is 65.1 Å². The lowest BCUT2D eigenvalue weighted by Gasteiger charge is -2.46. The molecule has 14 heteroatoms. The van der Waals surface area contributed by atoms with Crippen LogP contribution in [0.1, 0.15) is 239 Å². The first-order chi connectivity index (χ1) is 32.6. The van der Waals surface area contributed by atoms with Gasteiger partial charge in [-0.15, -0.1) is 0 Å². The van der Waals surface area contributed by atoms with Crippen LogP contribution in [0.3, 0.4) is 0 Å². The molecule has 398 valence electrons. The first-order valence-corrected chi connectivity index (χ1v) is 27.8. The van der Waals surface area contributed by atoms with E-state index in [0.29, 0.717) is 12.8 Å². The van der Waals surface area contributed by atoms with Crippen molar-refractivity contribution < 1.29 is 64.6 Å². The van der Waals surface area contributed by atoms with Crippen molar-refractivity contribution in [2.24, 2.45) is 0 Å². The molecule has 0 aromatic rings. The van der Waals surface area contributed by atoms with Crippen molar-refractivity contribution in [2.75, 3.05) is 19.8 Å². The molecule has 4 unspecified atom stereocenters. The van der Waals surface area contributed by atoms with E-state index in [9.17, 15) is 45.6 Å². The molecule has 2 aliphatic rings. The van der Waals surface area contributed by atoms with Gasteiger partial charge in [-0.1, -0.05) is 219 Å². The van der Waals surface area contributed by atoms with Gasteiger partial charge in [0.05, 0.1) is 32.0 Å². The molecule has 2 aliphatic heterocycles. The summed E-state index contributed by atoms with van der Waals surface area (Å²) in [5, 5.41) is 86.9. The van der Waals surface area contributed by atoms with Crippen LogP contribution in [-0.2, 0) is 23.7 Å². The number of hydrogen-bond acceptors (Lipinski definition) is 13. The summed E-state index contributed by atoms with van der Waals surface area (Å²) in [5.41, 5.74) is 0. The van der Waals surface area contributed by atoms with Crippen molar-refractivity contribution in [3.8, 4) is 0 Å². The molecule has 1 amide bonds. The molecule has 0 aromatic carbocycles. The van der Waals surface area contributed by atoms with E-state index in [2.05, 4.69) is 19.2 Å². The van der Waals surface area contributed by atoms with Crippen LogP contribution in [-0.4, -0.2) is 140 Å². The molecule has 0 saturated carbocycles. The Labute approximate surface area is 406 Å². The molecule has 0 bridgehead atoms. The monoisotopic (exact) mass is 962 g/mol. The smallest absolute Gasteiger partial charge is 0.220 e. The molecule has 9 N–H and O–H groups in total. The van der Waals surface area contributed by atoms with E-state index >= 15 is 0 Å². The zero-order chi connectivity index (χ0) is 48.9. The molecule has 14 nitrogen and oxygen atoms in total. The second-order valence-corrected chi connectivity index (χ2v) is 20.1. The normalized spacial score (nSPS) is 26.5. The fourth-order valence-corrected chi connectivity index (χ4v) is 9.53. The predicted octanol–water partition coefficient (Wildman–Crippen LogP) is 8.17. The summed E-state index contributed by atoms with van der Waals surface area (Å²) in [4.78, 5) is 13.2. The van der Waals surface area contributed by atoms with Gasteiger partial charge in [-0.3, -0.25) is 4.79 Å². The van der Waals surface area contributed by atoms with Crippen molar-refractivity contribution in [1.82, 2.24) is 5.32 Å². The Kier molecular flexibility index (Phi) is 37.6. The number of unbranched alkanes of at least 4 members (excludes halogenated alkanes) is 31. The molecule has 67 heavy (non-hydrogen) atoms. The topological polar surface area (TPSA) is 228 Å². The number of carbonyl (C=O) groups excluding carboxylic acids is 1. The van der Waals surface area contributed by atoms with Gasteiger partial charge in [0.1, 0.15) is 48.8 Å². The molecule has 2 fully saturated rings. The third kappa shape index (κ3) is 27.4. The molecule has 0 aliphatic carbocycles. The van der Waals surface area contributed by atoms with Gasteiger partial charge >= 0.3 is 0 Å². The lowest BCUT2D eigenvalue weighted by atomic mass is 9.97. The van der Waals surface area contributed by atoms with Gasteiger partial charge in [0.2, 0.25) is 5.91 Å². The molecular formula is C53H103NO13. The molecule has 2 saturated heterocycles. The third-order valence-corrected chi connectivity index (χ3v) is 14.1. The predicted molar refractivity (Wildman–Crippen MR) is 263 cm³/mol. The van der Waals surface area contributed by atoms with Gasteiger partial charge in [-0.25, -0.2) is 0 Å². The van der Waals surface area contributed by atoms with Crippen molar-refractivity contribution in [1.29, 1.82) is 0 Å². The number of ether oxygens (including phenoxy) is 4. The fourth-order valence-electron chi connectivity index (χ4n) is 9.53. The van der Waals surface area contributed by atoms with Gasteiger partial charge in [0, 0.05) is 6.42 Å². The van der Waals surface area contributed by atoms with E-state index in [1.165, 1.54) is 161 Å². The molecule has 12 atom stereocenters. The van der Waals surface area contributed by atoms with Crippen LogP contribution in [0.25, 0.3) is 0 Å². The zero-order valence-corrected chi connectivity index (χ0v) is 42.4. The number of rotatable bonds is 44. The number of aliphatic hydroxyl groups excluding tert-OH is 8. The summed E-state index contributed by atoms with van der Waals surface area (Å²) in [7, 11) is 0. The molecular weight excluding hydrogens is 859 g/mol. The van der Waals surface area contributed by atoms with Gasteiger partial charge in [0.25, 0.3) is 0 Å². The molecule has 0 radical (unpaired) electrons. The van der Waals surface area contributed by atoms with Crippen LogP contribution in [0.15, 0.2) is 0 Å². The van der Waals surface area contributed by atoms with Crippen molar-refractivity contribution in [3.05, 3.63) is 0 Å². The lowest BCUT2D eigenvalue weighted by Crippen LogP contribution is -2.65. The third-order valence-electron chi connectivity index (χ3n) is 14.1. The Morgan fingerprint density at radius 2 is 0.851 bits per heavy atom. The van der Waals surface area contributed by atoms with Gasteiger partial charge in [-0.2, -0.15) is 0 Å². The average molecular weight is 962 g/mol. The second kappa shape index (κ2) is 40.6. The van der Waals surface area contributed by atoms with Crippen LogP contribution >= 0.6 is 0 Å². The maximum absolute atomic E-state index is 13.2. The van der Waals surface area contributed by atoms with E-state index in [-0.39, 0.29) is 12.5 Å². The van der Waals surface area contributed by atoms with Gasteiger partial charge in [0.15, 0.2) is 12.6 Å². The lowest BCUT2D eigenvalue weighted by molar-refractivity contribution is -0.359. The number of aliphatic hydroxyl groups is 8. The van der Waals surface area contributed by atoms with Crippen LogP contribution in [0.2, 0.25) is 0 Å². The number of carbonyl (C=O) groups is 1. The highest BCUT2D eigenvalue weighted by Crippen LogP contribution is 2.30.